The minimum Gasteiger partial charge on any atom is -0.479 e. The van der Waals surface area contributed by atoms with E-state index in [9.17, 15) is 17.2 Å². The van der Waals surface area contributed by atoms with E-state index < -0.39 is 21.7 Å². The maximum Gasteiger partial charge on any atom is 0.238 e. The SMILES string of the molecule is COc1nccc2c(-c3cc(CNS(=O)(=O)Cc4ccc(C#N)cc4)ccc3Oc3ccc(F)cc3F)cn(C)c12. The monoisotopic (exact) mass is 574 g/mol. The number of aryl methyl sites for hydroxylation is 1. The number of ether oxygens (including phenoxy) is 2. The molecule has 2 heterocycles. The van der Waals surface area contributed by atoms with Crippen LogP contribution in [0.5, 0.6) is 17.4 Å². The number of aromatic nitrogens is 2. The number of halogens is 2. The summed E-state index contributed by atoms with van der Waals surface area (Å²) in [5.41, 5.74) is 3.59. The molecule has 0 aliphatic carbocycles. The van der Waals surface area contributed by atoms with E-state index in [0.717, 1.165) is 23.0 Å². The van der Waals surface area contributed by atoms with Crippen molar-refractivity contribution in [2.24, 2.45) is 7.05 Å². The smallest absolute Gasteiger partial charge is 0.238 e. The van der Waals surface area contributed by atoms with Crippen LogP contribution in [-0.2, 0) is 29.4 Å². The Hall–Kier alpha value is -4.79. The molecule has 0 fully saturated rings. The first kappa shape index (κ1) is 27.8. The molecular formula is C30H24F2N4O4S. The third-order valence-corrected chi connectivity index (χ3v) is 7.73. The molecule has 5 aromatic rings. The van der Waals surface area contributed by atoms with Crippen LogP contribution in [0.2, 0.25) is 0 Å². The molecule has 3 aromatic carbocycles. The molecule has 0 amide bonds. The minimum absolute atomic E-state index is 0.0214. The van der Waals surface area contributed by atoms with Gasteiger partial charge in [-0.15, -0.1) is 0 Å². The van der Waals surface area contributed by atoms with Crippen molar-refractivity contribution in [1.29, 1.82) is 5.26 Å². The Morgan fingerprint density at radius 1 is 0.976 bits per heavy atom. The van der Waals surface area contributed by atoms with Gasteiger partial charge in [0.2, 0.25) is 15.9 Å². The average Bonchev–Trinajstić information content (AvgIpc) is 3.30. The number of benzene rings is 3. The third kappa shape index (κ3) is 6.04. The van der Waals surface area contributed by atoms with E-state index in [2.05, 4.69) is 9.71 Å². The minimum atomic E-state index is -3.72. The van der Waals surface area contributed by atoms with Crippen LogP contribution >= 0.6 is 0 Å². The number of nitriles is 1. The first-order valence-corrected chi connectivity index (χ1v) is 14.0. The lowest BCUT2D eigenvalue weighted by Gasteiger charge is -2.14. The van der Waals surface area contributed by atoms with Crippen molar-refractivity contribution in [2.45, 2.75) is 12.3 Å². The van der Waals surface area contributed by atoms with Gasteiger partial charge in [-0.25, -0.2) is 26.9 Å². The Bertz CT molecular complexity index is 1900. The molecule has 8 nitrogen and oxygen atoms in total. The molecule has 41 heavy (non-hydrogen) atoms. The van der Waals surface area contributed by atoms with Crippen LogP contribution in [0.4, 0.5) is 8.78 Å². The molecule has 0 spiro atoms. The van der Waals surface area contributed by atoms with Crippen molar-refractivity contribution >= 4 is 20.9 Å². The summed E-state index contributed by atoms with van der Waals surface area (Å²) < 4.78 is 69.4. The van der Waals surface area contributed by atoms with Gasteiger partial charge in [-0.05, 0) is 53.6 Å². The molecule has 11 heteroatoms. The van der Waals surface area contributed by atoms with Crippen LogP contribution in [-0.4, -0.2) is 25.1 Å². The number of pyridine rings is 1. The second kappa shape index (κ2) is 11.4. The number of nitrogens with zero attached hydrogens (tertiary/aromatic N) is 3. The highest BCUT2D eigenvalue weighted by Crippen LogP contribution is 2.40. The van der Waals surface area contributed by atoms with Gasteiger partial charge in [0.15, 0.2) is 11.6 Å². The summed E-state index contributed by atoms with van der Waals surface area (Å²) in [5, 5.41) is 9.73. The van der Waals surface area contributed by atoms with Gasteiger partial charge in [0.05, 0.1) is 24.5 Å². The Morgan fingerprint density at radius 3 is 2.41 bits per heavy atom. The van der Waals surface area contributed by atoms with Crippen LogP contribution in [0, 0.1) is 23.0 Å². The summed E-state index contributed by atoms with van der Waals surface area (Å²) in [4.78, 5) is 4.27. The third-order valence-electron chi connectivity index (χ3n) is 6.43. The molecule has 0 saturated heterocycles. The van der Waals surface area contributed by atoms with E-state index in [1.165, 1.54) is 13.2 Å². The molecule has 5 rings (SSSR count). The van der Waals surface area contributed by atoms with Crippen LogP contribution in [0.3, 0.4) is 0 Å². The summed E-state index contributed by atoms with van der Waals surface area (Å²) in [6, 6.07) is 18.2. The van der Waals surface area contributed by atoms with Crippen molar-refractivity contribution in [3.63, 3.8) is 0 Å². The molecule has 0 unspecified atom stereocenters. The predicted octanol–water partition coefficient (Wildman–Crippen LogP) is 5.81. The largest absolute Gasteiger partial charge is 0.479 e. The number of methoxy groups -OCH3 is 1. The van der Waals surface area contributed by atoms with Gasteiger partial charge < -0.3 is 14.0 Å². The zero-order valence-electron chi connectivity index (χ0n) is 22.1. The highest BCUT2D eigenvalue weighted by Gasteiger charge is 2.19. The van der Waals surface area contributed by atoms with Gasteiger partial charge in [-0.1, -0.05) is 18.2 Å². The van der Waals surface area contributed by atoms with Gasteiger partial charge in [0, 0.05) is 48.6 Å². The molecule has 2 aromatic heterocycles. The maximum absolute atomic E-state index is 14.5. The Kier molecular flexibility index (Phi) is 7.70. The highest BCUT2D eigenvalue weighted by atomic mass is 32.2. The topological polar surface area (TPSA) is 106 Å². The second-order valence-corrected chi connectivity index (χ2v) is 11.1. The van der Waals surface area contributed by atoms with Crippen molar-refractivity contribution in [1.82, 2.24) is 14.3 Å². The van der Waals surface area contributed by atoms with E-state index in [1.54, 1.807) is 48.7 Å². The first-order valence-electron chi connectivity index (χ1n) is 12.4. The molecule has 0 bridgehead atoms. The van der Waals surface area contributed by atoms with E-state index in [1.807, 2.05) is 29.9 Å². The standard InChI is InChI=1S/C30H24F2N4O4S/c1-36-17-25(23-11-12-34-30(39-2)29(23)36)24-13-21(7-9-27(24)40-28-10-8-22(31)14-26(28)32)16-35-41(37,38)18-20-5-3-19(15-33)4-6-20/h3-14,17,35H,16,18H2,1-2H3. The van der Waals surface area contributed by atoms with Gasteiger partial charge in [-0.2, -0.15) is 5.26 Å². The lowest BCUT2D eigenvalue weighted by Crippen LogP contribution is -2.24. The molecule has 0 aliphatic rings. The first-order chi connectivity index (χ1) is 19.7. The maximum atomic E-state index is 14.5. The Labute approximate surface area is 235 Å². The second-order valence-electron chi connectivity index (χ2n) is 9.27. The summed E-state index contributed by atoms with van der Waals surface area (Å²) in [6.45, 7) is -0.0214. The van der Waals surface area contributed by atoms with Crippen molar-refractivity contribution in [3.8, 4) is 34.6 Å². The molecule has 0 atom stereocenters. The van der Waals surface area contributed by atoms with Gasteiger partial charge in [0.1, 0.15) is 17.1 Å². The number of fused-ring (bicyclic) bond motifs is 1. The fraction of sp³-hybridized carbons (Fsp3) is 0.133. The fourth-order valence-corrected chi connectivity index (χ4v) is 5.61. The van der Waals surface area contributed by atoms with E-state index in [-0.39, 0.29) is 23.8 Å². The summed E-state index contributed by atoms with van der Waals surface area (Å²) >= 11 is 0. The van der Waals surface area contributed by atoms with Crippen LogP contribution in [0.1, 0.15) is 16.7 Å². The van der Waals surface area contributed by atoms with Crippen molar-refractivity contribution in [3.05, 3.63) is 107 Å². The van der Waals surface area contributed by atoms with E-state index in [4.69, 9.17) is 14.7 Å². The normalized spacial score (nSPS) is 11.4. The predicted molar refractivity (Wildman–Crippen MR) is 150 cm³/mol. The quantitative estimate of drug-likeness (QED) is 0.238. The number of sulfonamides is 1. The number of hydrogen-bond acceptors (Lipinski definition) is 6. The number of nitrogens with one attached hydrogen (secondary N) is 1. The van der Waals surface area contributed by atoms with Crippen LogP contribution < -0.4 is 14.2 Å². The highest BCUT2D eigenvalue weighted by molar-refractivity contribution is 7.88. The number of hydrogen-bond donors (Lipinski definition) is 1. The van der Waals surface area contributed by atoms with Gasteiger partial charge in [0.25, 0.3) is 0 Å². The molecule has 0 radical (unpaired) electrons. The van der Waals surface area contributed by atoms with E-state index in [0.29, 0.717) is 33.7 Å². The van der Waals surface area contributed by atoms with Crippen molar-refractivity contribution < 1.29 is 26.7 Å². The average molecular weight is 575 g/mol. The Balaban J connectivity index is 1.50. The molecular weight excluding hydrogens is 550 g/mol. The van der Waals surface area contributed by atoms with E-state index >= 15 is 0 Å². The fourth-order valence-electron chi connectivity index (χ4n) is 4.49. The molecule has 208 valence electrons. The van der Waals surface area contributed by atoms with Crippen molar-refractivity contribution in [2.75, 3.05) is 7.11 Å². The Morgan fingerprint density at radius 2 is 1.71 bits per heavy atom. The molecule has 0 saturated carbocycles. The van der Waals surface area contributed by atoms with Crippen LogP contribution in [0.25, 0.3) is 22.0 Å². The molecule has 1 N–H and O–H groups in total. The summed E-state index contributed by atoms with van der Waals surface area (Å²) in [6.07, 6.45) is 3.45. The summed E-state index contributed by atoms with van der Waals surface area (Å²) in [7, 11) is -0.367. The zero-order chi connectivity index (χ0) is 29.1. The number of rotatable bonds is 9. The van der Waals surface area contributed by atoms with Gasteiger partial charge >= 0.3 is 0 Å². The zero-order valence-corrected chi connectivity index (χ0v) is 22.9. The van der Waals surface area contributed by atoms with Crippen LogP contribution in [0.15, 0.2) is 79.1 Å². The lowest BCUT2D eigenvalue weighted by atomic mass is 10.0. The lowest BCUT2D eigenvalue weighted by molar-refractivity contribution is 0.401. The van der Waals surface area contributed by atoms with Gasteiger partial charge in [-0.3, -0.25) is 0 Å². The molecule has 0 aliphatic heterocycles. The summed E-state index contributed by atoms with van der Waals surface area (Å²) in [5.74, 6) is -1.32.